The first kappa shape index (κ1) is 8.55. The zero-order valence-electron chi connectivity index (χ0n) is 7.14. The van der Waals surface area contributed by atoms with E-state index in [1.807, 2.05) is 7.05 Å². The SMILES string of the molecule is CNC[C@H]1CCC[C@@H](C#N)C1. The third-order valence-corrected chi connectivity index (χ3v) is 2.46. The molecule has 2 atom stereocenters. The lowest BCUT2D eigenvalue weighted by Crippen LogP contribution is -2.24. The van der Waals surface area contributed by atoms with E-state index < -0.39 is 0 Å². The third kappa shape index (κ3) is 2.51. The monoisotopic (exact) mass is 152 g/mol. The Morgan fingerprint density at radius 3 is 3.00 bits per heavy atom. The lowest BCUT2D eigenvalue weighted by atomic mass is 9.82. The van der Waals surface area contributed by atoms with Gasteiger partial charge in [-0.2, -0.15) is 5.26 Å². The van der Waals surface area contributed by atoms with Gasteiger partial charge in [0.15, 0.2) is 0 Å². The summed E-state index contributed by atoms with van der Waals surface area (Å²) in [7, 11) is 1.98. The van der Waals surface area contributed by atoms with E-state index in [4.69, 9.17) is 5.26 Å². The van der Waals surface area contributed by atoms with Crippen LogP contribution >= 0.6 is 0 Å². The quantitative estimate of drug-likeness (QED) is 0.651. The second kappa shape index (κ2) is 4.35. The minimum Gasteiger partial charge on any atom is -0.319 e. The number of nitriles is 1. The van der Waals surface area contributed by atoms with Crippen LogP contribution in [-0.4, -0.2) is 13.6 Å². The van der Waals surface area contributed by atoms with E-state index >= 15 is 0 Å². The van der Waals surface area contributed by atoms with Crippen molar-refractivity contribution in [3.05, 3.63) is 0 Å². The van der Waals surface area contributed by atoms with Crippen LogP contribution in [0.5, 0.6) is 0 Å². The molecule has 0 bridgehead atoms. The molecule has 0 saturated heterocycles. The van der Waals surface area contributed by atoms with E-state index in [2.05, 4.69) is 11.4 Å². The highest BCUT2D eigenvalue weighted by molar-refractivity contribution is 4.87. The highest BCUT2D eigenvalue weighted by Crippen LogP contribution is 2.27. The average molecular weight is 152 g/mol. The molecular formula is C9H16N2. The maximum Gasteiger partial charge on any atom is 0.0655 e. The Morgan fingerprint density at radius 2 is 2.36 bits per heavy atom. The fourth-order valence-corrected chi connectivity index (χ4v) is 1.88. The van der Waals surface area contributed by atoms with Crippen LogP contribution in [-0.2, 0) is 0 Å². The smallest absolute Gasteiger partial charge is 0.0655 e. The molecule has 0 radical (unpaired) electrons. The van der Waals surface area contributed by atoms with Crippen molar-refractivity contribution in [2.75, 3.05) is 13.6 Å². The molecule has 1 saturated carbocycles. The van der Waals surface area contributed by atoms with Gasteiger partial charge in [-0.1, -0.05) is 6.42 Å². The van der Waals surface area contributed by atoms with Crippen molar-refractivity contribution in [3.8, 4) is 6.07 Å². The van der Waals surface area contributed by atoms with Crippen molar-refractivity contribution in [3.63, 3.8) is 0 Å². The second-order valence-electron chi connectivity index (χ2n) is 3.42. The van der Waals surface area contributed by atoms with E-state index in [1.54, 1.807) is 0 Å². The molecular weight excluding hydrogens is 136 g/mol. The Morgan fingerprint density at radius 1 is 1.55 bits per heavy atom. The van der Waals surface area contributed by atoms with Gasteiger partial charge < -0.3 is 5.32 Å². The van der Waals surface area contributed by atoms with Crippen LogP contribution in [0.1, 0.15) is 25.7 Å². The Hall–Kier alpha value is -0.550. The first-order chi connectivity index (χ1) is 5.36. The van der Waals surface area contributed by atoms with Crippen LogP contribution in [0, 0.1) is 23.2 Å². The summed E-state index contributed by atoms with van der Waals surface area (Å²) in [6.07, 6.45) is 4.78. The average Bonchev–Trinajstić information content (AvgIpc) is 2.06. The van der Waals surface area contributed by atoms with Crippen molar-refractivity contribution in [2.24, 2.45) is 11.8 Å². The summed E-state index contributed by atoms with van der Waals surface area (Å²) >= 11 is 0. The van der Waals surface area contributed by atoms with Gasteiger partial charge in [-0.05, 0) is 38.8 Å². The topological polar surface area (TPSA) is 35.8 Å². The minimum absolute atomic E-state index is 0.335. The van der Waals surface area contributed by atoms with Gasteiger partial charge in [0.2, 0.25) is 0 Å². The Bertz CT molecular complexity index is 146. The molecule has 1 N–H and O–H groups in total. The molecule has 0 aromatic carbocycles. The Balaban J connectivity index is 2.29. The van der Waals surface area contributed by atoms with Crippen molar-refractivity contribution >= 4 is 0 Å². The van der Waals surface area contributed by atoms with Gasteiger partial charge in [0.1, 0.15) is 0 Å². The second-order valence-corrected chi connectivity index (χ2v) is 3.42. The van der Waals surface area contributed by atoms with Crippen LogP contribution in [0.15, 0.2) is 0 Å². The van der Waals surface area contributed by atoms with Crippen LogP contribution in [0.4, 0.5) is 0 Å². The van der Waals surface area contributed by atoms with E-state index in [-0.39, 0.29) is 0 Å². The number of hydrogen-bond donors (Lipinski definition) is 1. The fourth-order valence-electron chi connectivity index (χ4n) is 1.88. The highest BCUT2D eigenvalue weighted by Gasteiger charge is 2.20. The minimum atomic E-state index is 0.335. The fraction of sp³-hybridized carbons (Fsp3) is 0.889. The van der Waals surface area contributed by atoms with Crippen LogP contribution < -0.4 is 5.32 Å². The predicted molar refractivity (Wildman–Crippen MR) is 45.0 cm³/mol. The summed E-state index contributed by atoms with van der Waals surface area (Å²) in [4.78, 5) is 0. The maximum atomic E-state index is 8.71. The van der Waals surface area contributed by atoms with Crippen molar-refractivity contribution < 1.29 is 0 Å². The lowest BCUT2D eigenvalue weighted by molar-refractivity contribution is 0.304. The first-order valence-corrected chi connectivity index (χ1v) is 4.41. The zero-order valence-corrected chi connectivity index (χ0v) is 7.14. The molecule has 1 aliphatic rings. The van der Waals surface area contributed by atoms with Gasteiger partial charge >= 0.3 is 0 Å². The molecule has 1 rings (SSSR count). The molecule has 0 aliphatic heterocycles. The van der Waals surface area contributed by atoms with Gasteiger partial charge in [0.25, 0.3) is 0 Å². The Kier molecular flexibility index (Phi) is 3.38. The molecule has 0 spiro atoms. The van der Waals surface area contributed by atoms with Crippen molar-refractivity contribution in [1.82, 2.24) is 5.32 Å². The van der Waals surface area contributed by atoms with E-state index in [9.17, 15) is 0 Å². The van der Waals surface area contributed by atoms with Gasteiger partial charge in [-0.25, -0.2) is 0 Å². The number of rotatable bonds is 2. The number of nitrogens with zero attached hydrogens (tertiary/aromatic N) is 1. The van der Waals surface area contributed by atoms with E-state index in [0.717, 1.165) is 25.3 Å². The molecule has 0 aromatic rings. The largest absolute Gasteiger partial charge is 0.319 e. The molecule has 1 aliphatic carbocycles. The van der Waals surface area contributed by atoms with Crippen molar-refractivity contribution in [2.45, 2.75) is 25.7 Å². The van der Waals surface area contributed by atoms with E-state index in [0.29, 0.717) is 5.92 Å². The molecule has 11 heavy (non-hydrogen) atoms. The zero-order chi connectivity index (χ0) is 8.10. The summed E-state index contributed by atoms with van der Waals surface area (Å²) in [5, 5.41) is 11.9. The van der Waals surface area contributed by atoms with Gasteiger partial charge in [-0.15, -0.1) is 0 Å². The lowest BCUT2D eigenvalue weighted by Gasteiger charge is -2.24. The molecule has 2 heteroatoms. The van der Waals surface area contributed by atoms with Crippen LogP contribution in [0.3, 0.4) is 0 Å². The Labute approximate surface area is 68.6 Å². The molecule has 1 fully saturated rings. The van der Waals surface area contributed by atoms with Gasteiger partial charge in [0, 0.05) is 5.92 Å². The third-order valence-electron chi connectivity index (χ3n) is 2.46. The number of nitrogens with one attached hydrogen (secondary N) is 1. The molecule has 0 aromatic heterocycles. The predicted octanol–water partition coefficient (Wildman–Crippen LogP) is 1.54. The van der Waals surface area contributed by atoms with Crippen molar-refractivity contribution in [1.29, 1.82) is 5.26 Å². The molecule has 0 amide bonds. The molecule has 62 valence electrons. The van der Waals surface area contributed by atoms with E-state index in [1.165, 1.54) is 12.8 Å². The van der Waals surface area contributed by atoms with Gasteiger partial charge in [-0.3, -0.25) is 0 Å². The number of hydrogen-bond acceptors (Lipinski definition) is 2. The summed E-state index contributed by atoms with van der Waals surface area (Å²) < 4.78 is 0. The molecule has 0 unspecified atom stereocenters. The summed E-state index contributed by atoms with van der Waals surface area (Å²) in [6, 6.07) is 2.36. The molecule has 0 heterocycles. The normalized spacial score (nSPS) is 31.3. The molecule has 2 nitrogen and oxygen atoms in total. The van der Waals surface area contributed by atoms with Gasteiger partial charge in [0.05, 0.1) is 6.07 Å². The van der Waals surface area contributed by atoms with Crippen LogP contribution in [0.2, 0.25) is 0 Å². The maximum absolute atomic E-state index is 8.71. The first-order valence-electron chi connectivity index (χ1n) is 4.41. The highest BCUT2D eigenvalue weighted by atomic mass is 14.8. The van der Waals surface area contributed by atoms with Crippen LogP contribution in [0.25, 0.3) is 0 Å². The summed E-state index contributed by atoms with van der Waals surface area (Å²) in [6.45, 7) is 1.08. The standard InChI is InChI=1S/C9H16N2/c1-11-7-9-4-2-3-8(5-9)6-10/h8-9,11H,2-5,7H2,1H3/t8-,9+/m1/s1. The summed E-state index contributed by atoms with van der Waals surface area (Å²) in [5.41, 5.74) is 0. The summed E-state index contributed by atoms with van der Waals surface area (Å²) in [5.74, 6) is 1.08.